The van der Waals surface area contributed by atoms with Gasteiger partial charge in [0.15, 0.2) is 11.9 Å². The lowest BCUT2D eigenvalue weighted by molar-refractivity contribution is -0.151. The van der Waals surface area contributed by atoms with Crippen LogP contribution in [-0.4, -0.2) is 67.7 Å². The van der Waals surface area contributed by atoms with Crippen molar-refractivity contribution in [3.63, 3.8) is 0 Å². The van der Waals surface area contributed by atoms with Gasteiger partial charge < -0.3 is 36.3 Å². The zero-order chi connectivity index (χ0) is 17.3. The molecule has 5 atom stereocenters. The second-order valence-corrected chi connectivity index (χ2v) is 5.15. The number of primary amides is 1. The Morgan fingerprint density at radius 1 is 1.48 bits per heavy atom. The molecule has 1 aliphatic rings. The van der Waals surface area contributed by atoms with Gasteiger partial charge in [-0.05, 0) is 6.92 Å². The molecule has 23 heavy (non-hydrogen) atoms. The molecule has 2 rings (SSSR count). The molecule has 128 valence electrons. The van der Waals surface area contributed by atoms with Crippen LogP contribution in [0.4, 0.5) is 0 Å². The first-order valence-corrected chi connectivity index (χ1v) is 6.73. The Labute approximate surface area is 130 Å². The maximum Gasteiger partial charge on any atom is 0.322 e. The van der Waals surface area contributed by atoms with Crippen molar-refractivity contribution in [2.24, 2.45) is 11.5 Å². The monoisotopic (exact) mass is 330 g/mol. The summed E-state index contributed by atoms with van der Waals surface area (Å²) >= 11 is 0. The standard InChI is InChI=1S/C12H18N4O7/c1-4(13)12(21)22-2-5-7(17)8(18)11(23-5)16-3-15-6(9(14)19)10(16)20/h3-5,7-8,11,17-18,20H,2,13H2,1H3,(H2,14,19)/t4-,5+,7?,8+,11+/m0/s1. The average Bonchev–Trinajstić information content (AvgIpc) is 2.99. The molecule has 0 spiro atoms. The van der Waals surface area contributed by atoms with E-state index < -0.39 is 54.0 Å². The van der Waals surface area contributed by atoms with Crippen molar-refractivity contribution < 1.29 is 34.4 Å². The number of imidazole rings is 1. The van der Waals surface area contributed by atoms with Crippen molar-refractivity contribution in [2.75, 3.05) is 6.61 Å². The van der Waals surface area contributed by atoms with E-state index in [-0.39, 0.29) is 6.61 Å². The van der Waals surface area contributed by atoms with E-state index in [9.17, 15) is 24.9 Å². The summed E-state index contributed by atoms with van der Waals surface area (Å²) in [6.07, 6.45) is -4.08. The minimum absolute atomic E-state index is 0.340. The highest BCUT2D eigenvalue weighted by Gasteiger charge is 2.45. The molecule has 2 heterocycles. The summed E-state index contributed by atoms with van der Waals surface area (Å²) in [6, 6.07) is -0.843. The third-order valence-electron chi connectivity index (χ3n) is 3.37. The Balaban J connectivity index is 2.10. The van der Waals surface area contributed by atoms with Crippen LogP contribution < -0.4 is 11.5 Å². The molecule has 1 aliphatic heterocycles. The number of amides is 1. The van der Waals surface area contributed by atoms with Crippen LogP contribution in [0.1, 0.15) is 23.6 Å². The Hall–Kier alpha value is -2.21. The molecule has 1 aromatic heterocycles. The Morgan fingerprint density at radius 2 is 2.13 bits per heavy atom. The molecule has 11 nitrogen and oxygen atoms in total. The number of ether oxygens (including phenoxy) is 2. The Bertz CT molecular complexity index is 602. The third-order valence-corrected chi connectivity index (χ3v) is 3.37. The van der Waals surface area contributed by atoms with Crippen molar-refractivity contribution in [3.05, 3.63) is 12.0 Å². The number of aliphatic hydroxyl groups excluding tert-OH is 2. The smallest absolute Gasteiger partial charge is 0.322 e. The normalized spacial score (nSPS) is 28.5. The number of hydrogen-bond donors (Lipinski definition) is 5. The van der Waals surface area contributed by atoms with E-state index in [1.54, 1.807) is 0 Å². The van der Waals surface area contributed by atoms with Gasteiger partial charge in [-0.2, -0.15) is 0 Å². The van der Waals surface area contributed by atoms with Crippen LogP contribution in [0.5, 0.6) is 5.88 Å². The van der Waals surface area contributed by atoms with Gasteiger partial charge in [0.05, 0.1) is 0 Å². The fraction of sp³-hybridized carbons (Fsp3) is 0.583. The molecule has 0 aliphatic carbocycles. The number of carbonyl (C=O) groups excluding carboxylic acids is 2. The van der Waals surface area contributed by atoms with Crippen LogP contribution in [0.25, 0.3) is 0 Å². The molecule has 1 saturated heterocycles. The van der Waals surface area contributed by atoms with Crippen LogP contribution in [0, 0.1) is 0 Å². The summed E-state index contributed by atoms with van der Waals surface area (Å²) < 4.78 is 11.2. The van der Waals surface area contributed by atoms with Crippen LogP contribution in [-0.2, 0) is 14.3 Å². The highest BCUT2D eigenvalue weighted by atomic mass is 16.6. The second-order valence-electron chi connectivity index (χ2n) is 5.15. The van der Waals surface area contributed by atoms with Gasteiger partial charge in [0, 0.05) is 0 Å². The summed E-state index contributed by atoms with van der Waals surface area (Å²) in [4.78, 5) is 26.0. The van der Waals surface area contributed by atoms with E-state index in [1.807, 2.05) is 0 Å². The summed E-state index contributed by atoms with van der Waals surface area (Å²) in [5, 5.41) is 29.8. The molecular formula is C12H18N4O7. The van der Waals surface area contributed by atoms with E-state index in [2.05, 4.69) is 4.98 Å². The van der Waals surface area contributed by atoms with E-state index in [0.717, 1.165) is 10.9 Å². The van der Waals surface area contributed by atoms with E-state index in [1.165, 1.54) is 6.92 Å². The summed E-state index contributed by atoms with van der Waals surface area (Å²) in [6.45, 7) is 1.09. The number of aliphatic hydroxyl groups is 2. The number of nitrogens with two attached hydrogens (primary N) is 2. The fourth-order valence-corrected chi connectivity index (χ4v) is 2.11. The van der Waals surface area contributed by atoms with Gasteiger partial charge >= 0.3 is 5.97 Å². The molecule has 0 saturated carbocycles. The van der Waals surface area contributed by atoms with Crippen molar-refractivity contribution in [2.45, 2.75) is 37.5 Å². The fourth-order valence-electron chi connectivity index (χ4n) is 2.11. The molecule has 1 fully saturated rings. The van der Waals surface area contributed by atoms with Crippen molar-refractivity contribution in [3.8, 4) is 5.88 Å². The van der Waals surface area contributed by atoms with Gasteiger partial charge in [0.25, 0.3) is 5.91 Å². The first kappa shape index (κ1) is 17.1. The summed E-state index contributed by atoms with van der Waals surface area (Å²) in [5.74, 6) is -2.26. The van der Waals surface area contributed by atoms with Gasteiger partial charge in [-0.15, -0.1) is 0 Å². The number of aromatic hydroxyl groups is 1. The lowest BCUT2D eigenvalue weighted by atomic mass is 10.1. The van der Waals surface area contributed by atoms with Crippen LogP contribution in [0.2, 0.25) is 0 Å². The lowest BCUT2D eigenvalue weighted by Crippen LogP contribution is -2.36. The van der Waals surface area contributed by atoms with Crippen LogP contribution in [0.15, 0.2) is 6.33 Å². The number of esters is 1. The maximum atomic E-state index is 11.3. The van der Waals surface area contributed by atoms with Gasteiger partial charge in [-0.1, -0.05) is 0 Å². The topological polar surface area (TPSA) is 183 Å². The van der Waals surface area contributed by atoms with E-state index in [0.29, 0.717) is 0 Å². The second kappa shape index (κ2) is 6.50. The number of rotatable bonds is 5. The van der Waals surface area contributed by atoms with Crippen LogP contribution in [0.3, 0.4) is 0 Å². The molecule has 1 aromatic rings. The van der Waals surface area contributed by atoms with Gasteiger partial charge in [0.1, 0.15) is 37.3 Å². The lowest BCUT2D eigenvalue weighted by Gasteiger charge is -2.16. The highest BCUT2D eigenvalue weighted by molar-refractivity contribution is 5.93. The van der Waals surface area contributed by atoms with Gasteiger partial charge in [0.2, 0.25) is 5.88 Å². The largest absolute Gasteiger partial charge is 0.493 e. The number of nitrogens with zero attached hydrogens (tertiary/aromatic N) is 2. The zero-order valence-electron chi connectivity index (χ0n) is 12.2. The predicted molar refractivity (Wildman–Crippen MR) is 72.9 cm³/mol. The summed E-state index contributed by atoms with van der Waals surface area (Å²) in [7, 11) is 0. The number of carbonyl (C=O) groups is 2. The summed E-state index contributed by atoms with van der Waals surface area (Å²) in [5.41, 5.74) is 9.96. The molecule has 0 radical (unpaired) electrons. The van der Waals surface area contributed by atoms with Crippen molar-refractivity contribution in [1.29, 1.82) is 0 Å². The first-order valence-electron chi connectivity index (χ1n) is 6.73. The van der Waals surface area contributed by atoms with Gasteiger partial charge in [-0.25, -0.2) is 4.98 Å². The quantitative estimate of drug-likeness (QED) is 0.356. The predicted octanol–water partition coefficient (Wildman–Crippen LogP) is -2.80. The average molecular weight is 330 g/mol. The molecule has 0 aromatic carbocycles. The highest BCUT2D eigenvalue weighted by Crippen LogP contribution is 2.33. The molecule has 0 bridgehead atoms. The van der Waals surface area contributed by atoms with E-state index >= 15 is 0 Å². The number of aromatic nitrogens is 2. The maximum absolute atomic E-state index is 11.3. The molecule has 11 heteroatoms. The van der Waals surface area contributed by atoms with Gasteiger partial charge in [-0.3, -0.25) is 14.2 Å². The van der Waals surface area contributed by atoms with Crippen molar-refractivity contribution in [1.82, 2.24) is 9.55 Å². The zero-order valence-corrected chi connectivity index (χ0v) is 12.2. The molecule has 1 amide bonds. The Morgan fingerprint density at radius 3 is 2.65 bits per heavy atom. The SMILES string of the molecule is C[C@H](N)C(=O)OC[C@H]1O[C@@H](n2cnc(C(N)=O)c2O)[C@H](O)C1O. The third kappa shape index (κ3) is 3.27. The Kier molecular flexibility index (Phi) is 4.85. The first-order chi connectivity index (χ1) is 10.7. The molecule has 7 N–H and O–H groups in total. The van der Waals surface area contributed by atoms with Crippen molar-refractivity contribution >= 4 is 11.9 Å². The van der Waals surface area contributed by atoms with Crippen LogP contribution >= 0.6 is 0 Å². The number of hydrogen-bond acceptors (Lipinski definition) is 9. The minimum Gasteiger partial charge on any atom is -0.493 e. The minimum atomic E-state index is -1.45. The molecular weight excluding hydrogens is 312 g/mol. The van der Waals surface area contributed by atoms with E-state index in [4.69, 9.17) is 20.9 Å². The molecule has 1 unspecified atom stereocenters.